The third-order valence-corrected chi connectivity index (χ3v) is 2.40. The topological polar surface area (TPSA) is 83.5 Å². The fourth-order valence-corrected chi connectivity index (χ4v) is 1.48. The summed E-state index contributed by atoms with van der Waals surface area (Å²) in [5.41, 5.74) is 4.85. The Morgan fingerprint density at radius 3 is 2.44 bits per heavy atom. The van der Waals surface area contributed by atoms with Gasteiger partial charge in [0.25, 0.3) is 6.43 Å². The molecule has 0 aromatic heterocycles. The predicted molar refractivity (Wildman–Crippen MR) is 57.3 cm³/mol. The van der Waals surface area contributed by atoms with E-state index in [4.69, 9.17) is 15.9 Å². The van der Waals surface area contributed by atoms with E-state index in [0.29, 0.717) is 0 Å². The number of benzene rings is 1. The number of phenolic OH excluding ortho intramolecular Hbond substituents is 1. The SMILES string of the molecule is NC(Cc1ccc(O)cc1C(F)C(F)F)C(=O)O. The van der Waals surface area contributed by atoms with E-state index in [-0.39, 0.29) is 17.7 Å². The van der Waals surface area contributed by atoms with E-state index in [1.807, 2.05) is 0 Å². The normalized spacial score (nSPS) is 14.5. The highest BCUT2D eigenvalue weighted by molar-refractivity contribution is 5.73. The van der Waals surface area contributed by atoms with Crippen molar-refractivity contribution < 1.29 is 28.2 Å². The summed E-state index contributed by atoms with van der Waals surface area (Å²) in [4.78, 5) is 10.6. The molecule has 1 rings (SSSR count). The summed E-state index contributed by atoms with van der Waals surface area (Å²) in [7, 11) is 0. The predicted octanol–water partition coefficient (Wildman–Crippen LogP) is 1.62. The molecule has 1 aromatic rings. The van der Waals surface area contributed by atoms with Gasteiger partial charge < -0.3 is 15.9 Å². The first-order valence-corrected chi connectivity index (χ1v) is 5.05. The Balaban J connectivity index is 3.07. The fraction of sp³-hybridized carbons (Fsp3) is 0.364. The van der Waals surface area contributed by atoms with Crippen molar-refractivity contribution in [3.63, 3.8) is 0 Å². The van der Waals surface area contributed by atoms with Gasteiger partial charge in [0.1, 0.15) is 11.8 Å². The average Bonchev–Trinajstić information content (AvgIpc) is 2.30. The minimum atomic E-state index is -3.26. The second-order valence-electron chi connectivity index (χ2n) is 3.77. The third-order valence-electron chi connectivity index (χ3n) is 2.40. The number of carboxylic acids is 1. The molecular formula is C11H12F3NO3. The van der Waals surface area contributed by atoms with E-state index in [9.17, 15) is 18.0 Å². The van der Waals surface area contributed by atoms with Gasteiger partial charge in [-0.25, -0.2) is 13.2 Å². The Morgan fingerprint density at radius 1 is 1.33 bits per heavy atom. The van der Waals surface area contributed by atoms with Gasteiger partial charge in [0.05, 0.1) is 0 Å². The minimum absolute atomic E-state index is 0.0375. The summed E-state index contributed by atoms with van der Waals surface area (Å²) in [5.74, 6) is -1.69. The van der Waals surface area contributed by atoms with Crippen molar-refractivity contribution in [2.45, 2.75) is 25.1 Å². The number of aliphatic carboxylic acids is 1. The number of carboxylic acid groups (broad SMARTS) is 1. The molecule has 0 saturated heterocycles. The molecule has 0 aliphatic heterocycles. The molecule has 0 heterocycles. The number of nitrogens with two attached hydrogens (primary N) is 1. The van der Waals surface area contributed by atoms with Crippen LogP contribution in [0.2, 0.25) is 0 Å². The zero-order chi connectivity index (χ0) is 13.9. The van der Waals surface area contributed by atoms with Gasteiger partial charge in [0.2, 0.25) is 0 Å². The van der Waals surface area contributed by atoms with Crippen molar-refractivity contribution in [3.05, 3.63) is 29.3 Å². The molecule has 0 aliphatic carbocycles. The van der Waals surface area contributed by atoms with Crippen LogP contribution < -0.4 is 5.73 Å². The highest BCUT2D eigenvalue weighted by atomic mass is 19.3. The number of phenols is 1. The molecule has 0 bridgehead atoms. The molecule has 100 valence electrons. The van der Waals surface area contributed by atoms with E-state index in [0.717, 1.165) is 12.1 Å². The van der Waals surface area contributed by atoms with Crippen molar-refractivity contribution >= 4 is 5.97 Å². The van der Waals surface area contributed by atoms with Gasteiger partial charge >= 0.3 is 5.97 Å². The number of hydrogen-bond donors (Lipinski definition) is 3. The van der Waals surface area contributed by atoms with Gasteiger partial charge in [0.15, 0.2) is 6.17 Å². The van der Waals surface area contributed by atoms with E-state index in [2.05, 4.69) is 0 Å². The molecule has 2 atom stereocenters. The first-order valence-electron chi connectivity index (χ1n) is 5.05. The Morgan fingerprint density at radius 2 is 1.94 bits per heavy atom. The molecule has 1 aromatic carbocycles. The maximum atomic E-state index is 13.3. The van der Waals surface area contributed by atoms with Crippen LogP contribution in [0.4, 0.5) is 13.2 Å². The highest BCUT2D eigenvalue weighted by Gasteiger charge is 2.26. The quantitative estimate of drug-likeness (QED) is 0.753. The van der Waals surface area contributed by atoms with Crippen LogP contribution >= 0.6 is 0 Å². The van der Waals surface area contributed by atoms with Gasteiger partial charge in [-0.3, -0.25) is 4.79 Å². The molecule has 0 amide bonds. The first kappa shape index (κ1) is 14.3. The first-order chi connectivity index (χ1) is 8.32. The molecule has 0 fully saturated rings. The minimum Gasteiger partial charge on any atom is -0.508 e. The summed E-state index contributed by atoms with van der Waals surface area (Å²) in [6.45, 7) is 0. The molecular weight excluding hydrogens is 251 g/mol. The van der Waals surface area contributed by atoms with Crippen LogP contribution in [0.15, 0.2) is 18.2 Å². The van der Waals surface area contributed by atoms with Crippen LogP contribution in [0.25, 0.3) is 0 Å². The van der Waals surface area contributed by atoms with Crippen molar-refractivity contribution in [1.29, 1.82) is 0 Å². The van der Waals surface area contributed by atoms with E-state index < -0.39 is 30.2 Å². The van der Waals surface area contributed by atoms with Gasteiger partial charge in [-0.05, 0) is 29.7 Å². The zero-order valence-electron chi connectivity index (χ0n) is 9.19. The summed E-state index contributed by atoms with van der Waals surface area (Å²) in [5, 5.41) is 17.8. The second-order valence-corrected chi connectivity index (χ2v) is 3.77. The Labute approximate surface area is 101 Å². The van der Waals surface area contributed by atoms with Crippen LogP contribution in [-0.4, -0.2) is 28.6 Å². The lowest BCUT2D eigenvalue weighted by Gasteiger charge is -2.15. The third kappa shape index (κ3) is 3.36. The number of aromatic hydroxyl groups is 1. The molecule has 7 heteroatoms. The van der Waals surface area contributed by atoms with Gasteiger partial charge in [0, 0.05) is 0 Å². The van der Waals surface area contributed by atoms with Crippen molar-refractivity contribution in [3.8, 4) is 5.75 Å². The lowest BCUT2D eigenvalue weighted by molar-refractivity contribution is -0.138. The molecule has 2 unspecified atom stereocenters. The molecule has 4 nitrogen and oxygen atoms in total. The molecule has 0 aliphatic rings. The largest absolute Gasteiger partial charge is 0.508 e. The average molecular weight is 263 g/mol. The maximum absolute atomic E-state index is 13.3. The zero-order valence-corrected chi connectivity index (χ0v) is 9.19. The summed E-state index contributed by atoms with van der Waals surface area (Å²) in [6.07, 6.45) is -6.14. The number of rotatable bonds is 5. The highest BCUT2D eigenvalue weighted by Crippen LogP contribution is 2.30. The Bertz CT molecular complexity index is 440. The van der Waals surface area contributed by atoms with E-state index in [1.54, 1.807) is 0 Å². The molecule has 4 N–H and O–H groups in total. The summed E-state index contributed by atoms with van der Waals surface area (Å²) in [6, 6.07) is 1.87. The second kappa shape index (κ2) is 5.72. The van der Waals surface area contributed by atoms with Crippen LogP contribution in [0.5, 0.6) is 5.75 Å². The van der Waals surface area contributed by atoms with Gasteiger partial charge in [-0.2, -0.15) is 0 Å². The molecule has 18 heavy (non-hydrogen) atoms. The van der Waals surface area contributed by atoms with Crippen LogP contribution in [0.1, 0.15) is 17.3 Å². The smallest absolute Gasteiger partial charge is 0.320 e. The standard InChI is InChI=1S/C11H12F3NO3/c12-9(10(13)14)7-4-6(16)2-1-5(7)3-8(15)11(17)18/h1-2,4,8-10,16H,3,15H2,(H,17,18). The molecule has 0 spiro atoms. The number of alkyl halides is 3. The molecule has 0 radical (unpaired) electrons. The van der Waals surface area contributed by atoms with Crippen molar-refractivity contribution in [2.75, 3.05) is 0 Å². The maximum Gasteiger partial charge on any atom is 0.320 e. The Kier molecular flexibility index (Phi) is 4.55. The van der Waals surface area contributed by atoms with Crippen LogP contribution in [-0.2, 0) is 11.2 Å². The number of halogens is 3. The van der Waals surface area contributed by atoms with E-state index in [1.165, 1.54) is 6.07 Å². The lowest BCUT2D eigenvalue weighted by Crippen LogP contribution is -2.32. The summed E-state index contributed by atoms with van der Waals surface area (Å²) >= 11 is 0. The summed E-state index contributed by atoms with van der Waals surface area (Å²) < 4.78 is 37.9. The van der Waals surface area contributed by atoms with Crippen molar-refractivity contribution in [2.24, 2.45) is 5.73 Å². The van der Waals surface area contributed by atoms with E-state index >= 15 is 0 Å². The van der Waals surface area contributed by atoms with Gasteiger partial charge in [-0.15, -0.1) is 0 Å². The fourth-order valence-electron chi connectivity index (χ4n) is 1.48. The number of hydrogen-bond acceptors (Lipinski definition) is 3. The lowest BCUT2D eigenvalue weighted by atomic mass is 9.97. The monoisotopic (exact) mass is 263 g/mol. The van der Waals surface area contributed by atoms with Crippen LogP contribution in [0.3, 0.4) is 0 Å². The molecule has 0 saturated carbocycles. The Hall–Kier alpha value is -1.76. The van der Waals surface area contributed by atoms with Crippen molar-refractivity contribution in [1.82, 2.24) is 0 Å². The van der Waals surface area contributed by atoms with Gasteiger partial charge in [-0.1, -0.05) is 6.07 Å². The number of carbonyl (C=O) groups is 1. The van der Waals surface area contributed by atoms with Crippen LogP contribution in [0, 0.1) is 0 Å².